The third-order valence-corrected chi connectivity index (χ3v) is 3.97. The lowest BCUT2D eigenvalue weighted by atomic mass is 10.1. The molecule has 6 heteroatoms. The average Bonchev–Trinajstić information content (AvgIpc) is 2.90. The molecule has 2 atom stereocenters. The lowest BCUT2D eigenvalue weighted by Gasteiger charge is -2.32. The molecule has 6 nitrogen and oxygen atoms in total. The van der Waals surface area contributed by atoms with Crippen LogP contribution in [0.15, 0.2) is 24.3 Å². The van der Waals surface area contributed by atoms with Gasteiger partial charge in [0.15, 0.2) is 0 Å². The minimum atomic E-state index is -0.201. The van der Waals surface area contributed by atoms with Crippen molar-refractivity contribution in [2.75, 3.05) is 30.5 Å². The second kappa shape index (κ2) is 5.73. The number of ether oxygens (including phenoxy) is 1. The van der Waals surface area contributed by atoms with Gasteiger partial charge in [-0.1, -0.05) is 12.1 Å². The molecule has 0 aromatic heterocycles. The first-order chi connectivity index (χ1) is 10.2. The minimum Gasteiger partial charge on any atom is -0.384 e. The van der Waals surface area contributed by atoms with Crippen LogP contribution in [0.4, 0.5) is 11.4 Å². The maximum absolute atomic E-state index is 12.2. The van der Waals surface area contributed by atoms with Gasteiger partial charge in [-0.15, -0.1) is 0 Å². The van der Waals surface area contributed by atoms with Gasteiger partial charge in [0.2, 0.25) is 11.8 Å². The summed E-state index contributed by atoms with van der Waals surface area (Å²) in [4.78, 5) is 26.0. The van der Waals surface area contributed by atoms with E-state index in [2.05, 4.69) is 15.5 Å². The summed E-state index contributed by atoms with van der Waals surface area (Å²) in [6.45, 7) is 1.07. The van der Waals surface area contributed by atoms with Gasteiger partial charge in [-0.05, 0) is 18.6 Å². The molecule has 21 heavy (non-hydrogen) atoms. The van der Waals surface area contributed by atoms with E-state index in [1.807, 2.05) is 24.3 Å². The van der Waals surface area contributed by atoms with E-state index in [0.717, 1.165) is 11.4 Å². The van der Waals surface area contributed by atoms with Crippen LogP contribution >= 0.6 is 0 Å². The van der Waals surface area contributed by atoms with Crippen LogP contribution in [0.3, 0.4) is 0 Å². The summed E-state index contributed by atoms with van der Waals surface area (Å²) in [5.41, 5.74) is 1.86. The third-order valence-electron chi connectivity index (χ3n) is 3.97. The van der Waals surface area contributed by atoms with Gasteiger partial charge >= 0.3 is 0 Å². The van der Waals surface area contributed by atoms with Crippen LogP contribution in [0.25, 0.3) is 0 Å². The molecule has 1 aromatic rings. The molecule has 0 saturated carbocycles. The summed E-state index contributed by atoms with van der Waals surface area (Å²) in [5, 5.41) is 5.91. The fourth-order valence-electron chi connectivity index (χ4n) is 3.00. The number of fused-ring (bicyclic) bond motifs is 3. The second-order valence-corrected chi connectivity index (χ2v) is 5.42. The number of carbonyl (C=O) groups excluding carboxylic acids is 2. The zero-order chi connectivity index (χ0) is 14.8. The van der Waals surface area contributed by atoms with Crippen LogP contribution < -0.4 is 15.5 Å². The van der Waals surface area contributed by atoms with Crippen LogP contribution in [0, 0.1) is 0 Å². The Morgan fingerprint density at radius 1 is 1.48 bits per heavy atom. The number of benzene rings is 1. The van der Waals surface area contributed by atoms with E-state index in [9.17, 15) is 9.59 Å². The highest BCUT2D eigenvalue weighted by molar-refractivity contribution is 6.04. The van der Waals surface area contributed by atoms with Crippen molar-refractivity contribution in [1.82, 2.24) is 5.32 Å². The number of hydrogen-bond donors (Lipinski definition) is 2. The van der Waals surface area contributed by atoms with Crippen molar-refractivity contribution in [2.24, 2.45) is 0 Å². The number of para-hydroxylation sites is 2. The molecule has 0 spiro atoms. The molecular formula is C15H19N3O3. The molecular weight excluding hydrogens is 270 g/mol. The summed E-state index contributed by atoms with van der Waals surface area (Å²) in [7, 11) is 1.57. The molecule has 0 aliphatic carbocycles. The Bertz CT molecular complexity index is 561. The van der Waals surface area contributed by atoms with Crippen molar-refractivity contribution in [3.8, 4) is 0 Å². The predicted molar refractivity (Wildman–Crippen MR) is 79.2 cm³/mol. The standard InChI is InChI=1S/C15H19N3O3/c1-21-7-6-14(19)16-10-8-13-15(20)17-11-4-2-3-5-12(11)18(13)9-10/h2-5,10,13H,6-9H2,1H3,(H,16,19)(H,17,20). The summed E-state index contributed by atoms with van der Waals surface area (Å²) in [6.07, 6.45) is 0.985. The molecule has 3 rings (SSSR count). The Hall–Kier alpha value is -2.08. The van der Waals surface area contributed by atoms with Crippen molar-refractivity contribution in [1.29, 1.82) is 0 Å². The topological polar surface area (TPSA) is 70.7 Å². The lowest BCUT2D eigenvalue weighted by molar-refractivity contribution is -0.123. The van der Waals surface area contributed by atoms with Crippen LogP contribution in [0.2, 0.25) is 0 Å². The molecule has 1 fully saturated rings. The van der Waals surface area contributed by atoms with Gasteiger partial charge in [0, 0.05) is 26.1 Å². The monoisotopic (exact) mass is 289 g/mol. The number of methoxy groups -OCH3 is 1. The van der Waals surface area contributed by atoms with E-state index in [1.165, 1.54) is 0 Å². The first-order valence-corrected chi connectivity index (χ1v) is 7.14. The fourth-order valence-corrected chi connectivity index (χ4v) is 3.00. The highest BCUT2D eigenvalue weighted by atomic mass is 16.5. The first kappa shape index (κ1) is 13.9. The summed E-state index contributed by atoms with van der Waals surface area (Å²) in [6, 6.07) is 7.55. The number of nitrogens with one attached hydrogen (secondary N) is 2. The third kappa shape index (κ3) is 2.71. The van der Waals surface area contributed by atoms with Crippen molar-refractivity contribution in [3.63, 3.8) is 0 Å². The molecule has 2 aliphatic heterocycles. The molecule has 112 valence electrons. The highest BCUT2D eigenvalue weighted by Gasteiger charge is 2.41. The van der Waals surface area contributed by atoms with Crippen molar-refractivity contribution in [3.05, 3.63) is 24.3 Å². The zero-order valence-electron chi connectivity index (χ0n) is 12.0. The van der Waals surface area contributed by atoms with Crippen molar-refractivity contribution < 1.29 is 14.3 Å². The Labute approximate surface area is 123 Å². The van der Waals surface area contributed by atoms with E-state index < -0.39 is 0 Å². The van der Waals surface area contributed by atoms with Gasteiger partial charge in [0.25, 0.3) is 0 Å². The van der Waals surface area contributed by atoms with Crippen LogP contribution in [-0.2, 0) is 14.3 Å². The van der Waals surface area contributed by atoms with Gasteiger partial charge < -0.3 is 20.3 Å². The Kier molecular flexibility index (Phi) is 3.79. The van der Waals surface area contributed by atoms with Gasteiger partial charge in [0.1, 0.15) is 6.04 Å². The van der Waals surface area contributed by atoms with E-state index >= 15 is 0 Å². The SMILES string of the molecule is COCCC(=O)NC1CC2C(=O)Nc3ccccc3N2C1. The maximum Gasteiger partial charge on any atom is 0.247 e. The van der Waals surface area contributed by atoms with E-state index in [1.54, 1.807) is 7.11 Å². The van der Waals surface area contributed by atoms with E-state index in [0.29, 0.717) is 26.0 Å². The van der Waals surface area contributed by atoms with E-state index in [-0.39, 0.29) is 23.9 Å². The number of nitrogens with zero attached hydrogens (tertiary/aromatic N) is 1. The zero-order valence-corrected chi connectivity index (χ0v) is 12.0. The number of anilines is 2. The lowest BCUT2D eigenvalue weighted by Crippen LogP contribution is -2.44. The largest absolute Gasteiger partial charge is 0.384 e. The van der Waals surface area contributed by atoms with E-state index in [4.69, 9.17) is 4.74 Å². The number of carbonyl (C=O) groups is 2. The number of rotatable bonds is 4. The molecule has 1 aromatic carbocycles. The Morgan fingerprint density at radius 3 is 3.10 bits per heavy atom. The fraction of sp³-hybridized carbons (Fsp3) is 0.467. The van der Waals surface area contributed by atoms with Crippen LogP contribution in [-0.4, -0.2) is 44.2 Å². The molecule has 0 bridgehead atoms. The normalized spacial score (nSPS) is 23.3. The number of hydrogen-bond acceptors (Lipinski definition) is 4. The molecule has 2 N–H and O–H groups in total. The summed E-state index contributed by atoms with van der Waals surface area (Å²) in [5.74, 6) is -0.0299. The highest BCUT2D eigenvalue weighted by Crippen LogP contribution is 2.36. The summed E-state index contributed by atoms with van der Waals surface area (Å²) >= 11 is 0. The summed E-state index contributed by atoms with van der Waals surface area (Å²) < 4.78 is 4.90. The van der Waals surface area contributed by atoms with Gasteiger partial charge in [-0.3, -0.25) is 9.59 Å². The molecule has 2 unspecified atom stereocenters. The van der Waals surface area contributed by atoms with Gasteiger partial charge in [-0.25, -0.2) is 0 Å². The molecule has 2 amide bonds. The predicted octanol–water partition coefficient (Wildman–Crippen LogP) is 0.739. The van der Waals surface area contributed by atoms with Crippen molar-refractivity contribution >= 4 is 23.2 Å². The Morgan fingerprint density at radius 2 is 2.29 bits per heavy atom. The molecule has 1 saturated heterocycles. The maximum atomic E-state index is 12.2. The van der Waals surface area contributed by atoms with Gasteiger partial charge in [-0.2, -0.15) is 0 Å². The van der Waals surface area contributed by atoms with Crippen LogP contribution in [0.1, 0.15) is 12.8 Å². The molecule has 2 aliphatic rings. The first-order valence-electron chi connectivity index (χ1n) is 7.14. The van der Waals surface area contributed by atoms with Crippen molar-refractivity contribution in [2.45, 2.75) is 24.9 Å². The second-order valence-electron chi connectivity index (χ2n) is 5.42. The number of amides is 2. The average molecular weight is 289 g/mol. The van der Waals surface area contributed by atoms with Gasteiger partial charge in [0.05, 0.1) is 18.0 Å². The molecule has 2 heterocycles. The quantitative estimate of drug-likeness (QED) is 0.857. The van der Waals surface area contributed by atoms with Crippen LogP contribution in [0.5, 0.6) is 0 Å². The minimum absolute atomic E-state index is 0.00217. The molecule has 0 radical (unpaired) electrons. The smallest absolute Gasteiger partial charge is 0.247 e. The Balaban J connectivity index is 1.70.